The molecule has 28 heavy (non-hydrogen) atoms. The largest absolute Gasteiger partial charge is 0.481 e. The van der Waals surface area contributed by atoms with E-state index in [2.05, 4.69) is 18.9 Å². The van der Waals surface area contributed by atoms with Gasteiger partial charge in [0.2, 0.25) is 0 Å². The number of aliphatic carboxylic acids is 1. The van der Waals surface area contributed by atoms with Crippen LogP contribution < -0.4 is 0 Å². The lowest BCUT2D eigenvalue weighted by molar-refractivity contribution is -0.152. The molecule has 2 N–H and O–H groups in total. The van der Waals surface area contributed by atoms with Gasteiger partial charge >= 0.3 is 5.97 Å². The third-order valence-electron chi connectivity index (χ3n) is 6.14. The molecule has 1 saturated heterocycles. The number of hydrogen-bond donors (Lipinski definition) is 2. The maximum Gasteiger partial charge on any atom is 0.303 e. The summed E-state index contributed by atoms with van der Waals surface area (Å²) in [7, 11) is 2.12. The van der Waals surface area contributed by atoms with Crippen molar-refractivity contribution in [1.29, 1.82) is 0 Å². The van der Waals surface area contributed by atoms with Gasteiger partial charge in [-0.1, -0.05) is 58.3 Å². The minimum absolute atomic E-state index is 0.228. The van der Waals surface area contributed by atoms with E-state index in [0.29, 0.717) is 18.9 Å². The lowest BCUT2D eigenvalue weighted by Gasteiger charge is -2.32. The van der Waals surface area contributed by atoms with E-state index in [1.54, 1.807) is 0 Å². The van der Waals surface area contributed by atoms with E-state index in [9.17, 15) is 9.90 Å². The number of nitrogens with zero attached hydrogens (tertiary/aromatic N) is 1. The Morgan fingerprint density at radius 1 is 1.00 bits per heavy atom. The average Bonchev–Trinajstić information content (AvgIpc) is 2.67. The lowest BCUT2D eigenvalue weighted by atomic mass is 9.94. The first-order valence-electron chi connectivity index (χ1n) is 11.7. The molecular formula is C23H45NO4. The van der Waals surface area contributed by atoms with Gasteiger partial charge in [-0.25, -0.2) is 0 Å². The molecule has 0 bridgehead atoms. The number of rotatable bonds is 17. The first-order valence-corrected chi connectivity index (χ1v) is 11.7. The van der Waals surface area contributed by atoms with Gasteiger partial charge in [0.25, 0.3) is 0 Å². The Bertz CT molecular complexity index is 383. The molecule has 0 aromatic rings. The van der Waals surface area contributed by atoms with Crippen molar-refractivity contribution >= 4 is 5.97 Å². The predicted molar refractivity (Wildman–Crippen MR) is 114 cm³/mol. The van der Waals surface area contributed by atoms with Gasteiger partial charge in [0, 0.05) is 12.3 Å². The maximum absolute atomic E-state index is 10.8. The minimum atomic E-state index is -0.724. The third-order valence-corrected chi connectivity index (χ3v) is 6.14. The fraction of sp³-hybridized carbons (Fsp3) is 0.957. The summed E-state index contributed by atoms with van der Waals surface area (Å²) in [5.74, 6) is -0.127. The highest BCUT2D eigenvalue weighted by atomic mass is 16.6. The number of aliphatic hydroxyl groups excluding tert-OH is 1. The van der Waals surface area contributed by atoms with E-state index in [1.165, 1.54) is 51.4 Å². The summed E-state index contributed by atoms with van der Waals surface area (Å²) in [6.07, 6.45) is 14.6. The van der Waals surface area contributed by atoms with Crippen LogP contribution in [0.5, 0.6) is 0 Å². The van der Waals surface area contributed by atoms with Crippen molar-refractivity contribution in [3.8, 4) is 0 Å². The van der Waals surface area contributed by atoms with Crippen LogP contribution in [0.25, 0.3) is 0 Å². The molecule has 0 aromatic heterocycles. The molecular weight excluding hydrogens is 354 g/mol. The molecule has 0 saturated carbocycles. The zero-order chi connectivity index (χ0) is 20.6. The molecule has 5 nitrogen and oxygen atoms in total. The zero-order valence-corrected chi connectivity index (χ0v) is 18.4. The Morgan fingerprint density at radius 3 is 2.18 bits per heavy atom. The third kappa shape index (κ3) is 12.7. The summed E-state index contributed by atoms with van der Waals surface area (Å²) in [6.45, 7) is 4.84. The molecule has 0 aromatic carbocycles. The topological polar surface area (TPSA) is 70.0 Å². The lowest BCUT2D eigenvalue weighted by Crippen LogP contribution is -2.37. The van der Waals surface area contributed by atoms with Crippen LogP contribution in [0.1, 0.15) is 96.8 Å². The normalized spacial score (nSPS) is 18.2. The molecule has 1 aliphatic rings. The number of hydrogen-bond acceptors (Lipinski definition) is 4. The van der Waals surface area contributed by atoms with Crippen molar-refractivity contribution in [2.24, 2.45) is 11.8 Å². The second-order valence-corrected chi connectivity index (χ2v) is 8.78. The minimum Gasteiger partial charge on any atom is -0.481 e. The Kier molecular flexibility index (Phi) is 14.7. The van der Waals surface area contributed by atoms with E-state index in [0.717, 1.165) is 38.8 Å². The fourth-order valence-electron chi connectivity index (χ4n) is 4.10. The molecule has 1 heterocycles. The van der Waals surface area contributed by atoms with Crippen molar-refractivity contribution in [3.05, 3.63) is 0 Å². The fourth-order valence-corrected chi connectivity index (χ4v) is 4.10. The molecule has 2 atom stereocenters. The van der Waals surface area contributed by atoms with E-state index in [-0.39, 0.29) is 12.3 Å². The standard InChI is InChI=1S/C23H45NO4/c1-3-4-5-6-7-8-9-10-12-20(13-11-14-22(25)26)19-28-23(27)21-15-17-24(2)18-16-21/h20-21,23,27H,3-19H2,1-2H3,(H,25,26). The SMILES string of the molecule is CCCCCCCCCCC(CCCC(=O)O)COC(O)C1CCN(C)CC1. The Labute approximate surface area is 172 Å². The Hall–Kier alpha value is -0.650. The summed E-state index contributed by atoms with van der Waals surface area (Å²) >= 11 is 0. The molecule has 0 aliphatic carbocycles. The second-order valence-electron chi connectivity index (χ2n) is 8.78. The van der Waals surface area contributed by atoms with E-state index in [4.69, 9.17) is 9.84 Å². The van der Waals surface area contributed by atoms with Crippen LogP contribution in [0.15, 0.2) is 0 Å². The Morgan fingerprint density at radius 2 is 1.57 bits per heavy atom. The second kappa shape index (κ2) is 16.2. The zero-order valence-electron chi connectivity index (χ0n) is 18.4. The first-order chi connectivity index (χ1) is 13.5. The summed E-state index contributed by atoms with van der Waals surface area (Å²) in [6, 6.07) is 0. The number of carbonyl (C=O) groups is 1. The molecule has 0 spiro atoms. The monoisotopic (exact) mass is 399 g/mol. The van der Waals surface area contributed by atoms with Crippen LogP contribution in [0.3, 0.4) is 0 Å². The summed E-state index contributed by atoms with van der Waals surface area (Å²) < 4.78 is 5.85. The van der Waals surface area contributed by atoms with Crippen molar-refractivity contribution in [1.82, 2.24) is 4.90 Å². The quantitative estimate of drug-likeness (QED) is 0.264. The van der Waals surface area contributed by atoms with Crippen LogP contribution >= 0.6 is 0 Å². The smallest absolute Gasteiger partial charge is 0.303 e. The van der Waals surface area contributed by atoms with Crippen molar-refractivity contribution in [2.75, 3.05) is 26.7 Å². The van der Waals surface area contributed by atoms with Gasteiger partial charge in [0.15, 0.2) is 6.29 Å². The van der Waals surface area contributed by atoms with Crippen LogP contribution in [0, 0.1) is 11.8 Å². The van der Waals surface area contributed by atoms with Crippen LogP contribution in [-0.2, 0) is 9.53 Å². The van der Waals surface area contributed by atoms with Gasteiger partial charge in [-0.05, 0) is 58.2 Å². The van der Waals surface area contributed by atoms with Crippen molar-refractivity contribution in [3.63, 3.8) is 0 Å². The maximum atomic E-state index is 10.8. The van der Waals surface area contributed by atoms with Crippen molar-refractivity contribution < 1.29 is 19.7 Å². The Balaban J connectivity index is 2.24. The van der Waals surface area contributed by atoms with Crippen molar-refractivity contribution in [2.45, 2.75) is 103 Å². The van der Waals surface area contributed by atoms with Gasteiger partial charge < -0.3 is 19.8 Å². The summed E-state index contributed by atoms with van der Waals surface area (Å²) in [4.78, 5) is 13.1. The molecule has 0 amide bonds. The highest BCUT2D eigenvalue weighted by Gasteiger charge is 2.25. The van der Waals surface area contributed by atoms with E-state index in [1.807, 2.05) is 0 Å². The van der Waals surface area contributed by atoms with Gasteiger partial charge in [-0.15, -0.1) is 0 Å². The predicted octanol–water partition coefficient (Wildman–Crippen LogP) is 5.07. The van der Waals surface area contributed by atoms with Crippen LogP contribution in [0.4, 0.5) is 0 Å². The number of likely N-dealkylation sites (tertiary alicyclic amines) is 1. The highest BCUT2D eigenvalue weighted by Crippen LogP contribution is 2.23. The first kappa shape index (κ1) is 25.4. The number of ether oxygens (including phenoxy) is 1. The molecule has 166 valence electrons. The van der Waals surface area contributed by atoms with Gasteiger partial charge in [0.05, 0.1) is 6.61 Å². The summed E-state index contributed by atoms with van der Waals surface area (Å²) in [5.41, 5.74) is 0. The molecule has 1 fully saturated rings. The van der Waals surface area contributed by atoms with E-state index < -0.39 is 12.3 Å². The molecule has 0 radical (unpaired) electrons. The molecule has 2 unspecified atom stereocenters. The van der Waals surface area contributed by atoms with Crippen LogP contribution in [-0.4, -0.2) is 54.1 Å². The molecule has 1 rings (SSSR count). The van der Waals surface area contributed by atoms with Gasteiger partial charge in [-0.2, -0.15) is 0 Å². The number of aliphatic hydroxyl groups is 1. The highest BCUT2D eigenvalue weighted by molar-refractivity contribution is 5.66. The van der Waals surface area contributed by atoms with Gasteiger partial charge in [0.1, 0.15) is 0 Å². The van der Waals surface area contributed by atoms with E-state index >= 15 is 0 Å². The van der Waals surface area contributed by atoms with Gasteiger partial charge in [-0.3, -0.25) is 4.79 Å². The molecule has 5 heteroatoms. The average molecular weight is 400 g/mol. The number of carboxylic acids is 1. The summed E-state index contributed by atoms with van der Waals surface area (Å²) in [5, 5.41) is 19.3. The van der Waals surface area contributed by atoms with Crippen LogP contribution in [0.2, 0.25) is 0 Å². The number of unbranched alkanes of at least 4 members (excludes halogenated alkanes) is 7. The number of carboxylic acid groups (broad SMARTS) is 1. The molecule has 1 aliphatic heterocycles. The number of piperidine rings is 1.